The summed E-state index contributed by atoms with van der Waals surface area (Å²) in [6.45, 7) is 2.17. The molecule has 0 aliphatic carbocycles. The molecule has 0 radical (unpaired) electrons. The van der Waals surface area contributed by atoms with Crippen LogP contribution in [0.3, 0.4) is 0 Å². The summed E-state index contributed by atoms with van der Waals surface area (Å²) in [5.41, 5.74) is 2.15. The minimum Gasteiger partial charge on any atom is -0.377 e. The number of hydrogen-bond acceptors (Lipinski definition) is 2. The summed E-state index contributed by atoms with van der Waals surface area (Å²) in [5, 5.41) is 4.71. The maximum Gasteiger partial charge on any atom is 0.143 e. The molecule has 1 unspecified atom stereocenters. The lowest BCUT2D eigenvalue weighted by Gasteiger charge is -2.20. The van der Waals surface area contributed by atoms with E-state index in [1.54, 1.807) is 6.20 Å². The van der Waals surface area contributed by atoms with E-state index in [-0.39, 0.29) is 6.04 Å². The van der Waals surface area contributed by atoms with Gasteiger partial charge in [0.25, 0.3) is 0 Å². The molecule has 0 spiro atoms. The Bertz CT molecular complexity index is 573. The highest BCUT2D eigenvalue weighted by Gasteiger charge is 2.11. The third kappa shape index (κ3) is 4.11. The molecule has 1 heterocycles. The van der Waals surface area contributed by atoms with Crippen LogP contribution in [0.5, 0.6) is 0 Å². The van der Waals surface area contributed by atoms with E-state index in [2.05, 4.69) is 33.2 Å². The summed E-state index contributed by atoms with van der Waals surface area (Å²) >= 11 is 15.2. The van der Waals surface area contributed by atoms with Crippen molar-refractivity contribution >= 4 is 44.8 Å². The van der Waals surface area contributed by atoms with Crippen LogP contribution in [0.1, 0.15) is 31.4 Å². The van der Waals surface area contributed by atoms with Gasteiger partial charge in [-0.3, -0.25) is 0 Å². The summed E-state index contributed by atoms with van der Waals surface area (Å²) in [6.07, 6.45) is 3.86. The second-order valence-corrected chi connectivity index (χ2v) is 6.18. The van der Waals surface area contributed by atoms with Gasteiger partial charge >= 0.3 is 0 Å². The van der Waals surface area contributed by atoms with Crippen molar-refractivity contribution in [2.75, 3.05) is 5.32 Å². The number of nitrogens with zero attached hydrogens (tertiary/aromatic N) is 1. The summed E-state index contributed by atoms with van der Waals surface area (Å²) < 4.78 is 0.788. The van der Waals surface area contributed by atoms with Crippen LogP contribution in [0.25, 0.3) is 0 Å². The second-order valence-electron chi connectivity index (χ2n) is 4.53. The lowest BCUT2D eigenvalue weighted by molar-refractivity contribution is 0.677. The molecule has 2 nitrogen and oxygen atoms in total. The largest absolute Gasteiger partial charge is 0.377 e. The van der Waals surface area contributed by atoms with Crippen LogP contribution in [0.2, 0.25) is 10.2 Å². The van der Waals surface area contributed by atoms with Gasteiger partial charge in [-0.1, -0.05) is 48.7 Å². The molecule has 0 amide bonds. The highest BCUT2D eigenvalue weighted by Crippen LogP contribution is 2.28. The van der Waals surface area contributed by atoms with Crippen LogP contribution >= 0.6 is 39.1 Å². The minimum atomic E-state index is 0.229. The highest BCUT2D eigenvalue weighted by molar-refractivity contribution is 9.10. The van der Waals surface area contributed by atoms with E-state index in [0.717, 1.165) is 28.0 Å². The quantitative estimate of drug-likeness (QED) is 0.640. The average Bonchev–Trinajstić information content (AvgIpc) is 2.43. The average molecular weight is 374 g/mol. The van der Waals surface area contributed by atoms with Gasteiger partial charge in [0.05, 0.1) is 22.4 Å². The SMILES string of the molecule is CCCC(Nc1cnc(Cl)c(Br)c1)c1ccc(Cl)cc1. The predicted octanol–water partition coefficient (Wildman–Crippen LogP) is 6.10. The van der Waals surface area contributed by atoms with Crippen molar-refractivity contribution in [1.82, 2.24) is 4.98 Å². The highest BCUT2D eigenvalue weighted by atomic mass is 79.9. The van der Waals surface area contributed by atoms with Crippen molar-refractivity contribution in [3.8, 4) is 0 Å². The van der Waals surface area contributed by atoms with Gasteiger partial charge in [-0.15, -0.1) is 0 Å². The molecule has 106 valence electrons. The second kappa shape index (κ2) is 7.30. The fourth-order valence-electron chi connectivity index (χ4n) is 2.01. The maximum atomic E-state index is 5.94. The number of anilines is 1. The smallest absolute Gasteiger partial charge is 0.143 e. The Hall–Kier alpha value is -0.770. The summed E-state index contributed by atoms with van der Waals surface area (Å²) in [5.74, 6) is 0. The Kier molecular flexibility index (Phi) is 5.70. The molecule has 0 aliphatic heterocycles. The number of aromatic nitrogens is 1. The van der Waals surface area contributed by atoms with Crippen LogP contribution in [-0.4, -0.2) is 4.98 Å². The molecule has 0 bridgehead atoms. The van der Waals surface area contributed by atoms with E-state index in [1.165, 1.54) is 5.56 Å². The summed E-state index contributed by atoms with van der Waals surface area (Å²) in [7, 11) is 0. The van der Waals surface area contributed by atoms with Crippen molar-refractivity contribution in [2.24, 2.45) is 0 Å². The van der Waals surface area contributed by atoms with Gasteiger partial charge in [-0.05, 0) is 46.1 Å². The minimum absolute atomic E-state index is 0.229. The van der Waals surface area contributed by atoms with Gasteiger partial charge in [0.15, 0.2) is 0 Å². The van der Waals surface area contributed by atoms with E-state index in [9.17, 15) is 0 Å². The molecule has 0 saturated heterocycles. The molecule has 2 aromatic rings. The zero-order chi connectivity index (χ0) is 14.5. The molecule has 1 atom stereocenters. The molecule has 1 aromatic carbocycles. The number of benzene rings is 1. The van der Waals surface area contributed by atoms with E-state index in [1.807, 2.05) is 30.3 Å². The van der Waals surface area contributed by atoms with Crippen molar-refractivity contribution in [3.63, 3.8) is 0 Å². The van der Waals surface area contributed by atoms with E-state index >= 15 is 0 Å². The van der Waals surface area contributed by atoms with Gasteiger partial charge < -0.3 is 5.32 Å². The van der Waals surface area contributed by atoms with Gasteiger partial charge in [0.2, 0.25) is 0 Å². The topological polar surface area (TPSA) is 24.9 Å². The molecule has 1 N–H and O–H groups in total. The van der Waals surface area contributed by atoms with Crippen molar-refractivity contribution < 1.29 is 0 Å². The Balaban J connectivity index is 2.20. The zero-order valence-corrected chi connectivity index (χ0v) is 14.1. The van der Waals surface area contributed by atoms with Gasteiger partial charge in [-0.25, -0.2) is 4.98 Å². The van der Waals surface area contributed by atoms with Crippen LogP contribution < -0.4 is 5.32 Å². The number of nitrogens with one attached hydrogen (secondary N) is 1. The van der Waals surface area contributed by atoms with Crippen molar-refractivity contribution in [3.05, 3.63) is 56.7 Å². The number of halogens is 3. The third-order valence-corrected chi connectivity index (χ3v) is 4.37. The Morgan fingerprint density at radius 1 is 1.25 bits per heavy atom. The van der Waals surface area contributed by atoms with Crippen LogP contribution in [0, 0.1) is 0 Å². The molecule has 2 rings (SSSR count). The fraction of sp³-hybridized carbons (Fsp3) is 0.267. The lowest BCUT2D eigenvalue weighted by Crippen LogP contribution is -2.10. The van der Waals surface area contributed by atoms with Crippen molar-refractivity contribution in [1.29, 1.82) is 0 Å². The molecular weight excluding hydrogens is 359 g/mol. The van der Waals surface area contributed by atoms with Gasteiger partial charge in [-0.2, -0.15) is 0 Å². The first-order chi connectivity index (χ1) is 9.60. The first-order valence-corrected chi connectivity index (χ1v) is 7.98. The van der Waals surface area contributed by atoms with Gasteiger partial charge in [0, 0.05) is 5.02 Å². The standard InChI is InChI=1S/C15H15BrCl2N2/c1-2-3-14(10-4-6-11(17)7-5-10)20-12-8-13(16)15(18)19-9-12/h4-9,14,20H,2-3H2,1H3. The maximum absolute atomic E-state index is 5.94. The molecule has 1 aromatic heterocycles. The fourth-order valence-corrected chi connectivity index (χ4v) is 2.59. The number of pyridine rings is 1. The van der Waals surface area contributed by atoms with Crippen LogP contribution in [0.4, 0.5) is 5.69 Å². The molecule has 5 heteroatoms. The first-order valence-electron chi connectivity index (χ1n) is 6.43. The molecule has 0 fully saturated rings. The third-order valence-electron chi connectivity index (χ3n) is 2.99. The molecule has 0 saturated carbocycles. The van der Waals surface area contributed by atoms with Crippen molar-refractivity contribution in [2.45, 2.75) is 25.8 Å². The van der Waals surface area contributed by atoms with Gasteiger partial charge in [0.1, 0.15) is 5.15 Å². The first kappa shape index (κ1) is 15.6. The molecule has 20 heavy (non-hydrogen) atoms. The zero-order valence-electron chi connectivity index (χ0n) is 11.0. The van der Waals surface area contributed by atoms with E-state index in [0.29, 0.717) is 5.15 Å². The van der Waals surface area contributed by atoms with E-state index in [4.69, 9.17) is 23.2 Å². The molecular formula is C15H15BrCl2N2. The normalized spacial score (nSPS) is 12.2. The van der Waals surface area contributed by atoms with E-state index < -0.39 is 0 Å². The van der Waals surface area contributed by atoms with Crippen LogP contribution in [-0.2, 0) is 0 Å². The van der Waals surface area contributed by atoms with Crippen LogP contribution in [0.15, 0.2) is 41.0 Å². The number of rotatable bonds is 5. The summed E-state index contributed by atoms with van der Waals surface area (Å²) in [6, 6.07) is 10.1. The Labute approximate surface area is 137 Å². The predicted molar refractivity (Wildman–Crippen MR) is 89.7 cm³/mol. The Morgan fingerprint density at radius 2 is 1.95 bits per heavy atom. The summed E-state index contributed by atoms with van der Waals surface area (Å²) in [4.78, 5) is 4.13. The Morgan fingerprint density at radius 3 is 2.55 bits per heavy atom. The monoisotopic (exact) mass is 372 g/mol. The number of hydrogen-bond donors (Lipinski definition) is 1. The molecule has 0 aliphatic rings. The lowest BCUT2D eigenvalue weighted by atomic mass is 10.0.